The molecule has 0 radical (unpaired) electrons. The molecule has 0 fully saturated rings. The van der Waals surface area contributed by atoms with E-state index in [2.05, 4.69) is 27.5 Å². The highest BCUT2D eigenvalue weighted by atomic mass is 32.1. The van der Waals surface area contributed by atoms with Gasteiger partial charge in [0, 0.05) is 34.9 Å². The molecule has 8 nitrogen and oxygen atoms in total. The predicted octanol–water partition coefficient (Wildman–Crippen LogP) is 1.90. The van der Waals surface area contributed by atoms with Crippen LogP contribution in [0.15, 0.2) is 42.3 Å². The van der Waals surface area contributed by atoms with Crippen molar-refractivity contribution >= 4 is 45.1 Å². The van der Waals surface area contributed by atoms with Crippen LogP contribution in [0.5, 0.6) is 0 Å². The number of nitrogens with zero attached hydrogens (tertiary/aromatic N) is 2. The van der Waals surface area contributed by atoms with E-state index in [0.717, 1.165) is 10.9 Å². The molecule has 1 aromatic carbocycles. The average molecular weight is 395 g/mol. The van der Waals surface area contributed by atoms with Crippen LogP contribution in [-0.4, -0.2) is 33.8 Å². The van der Waals surface area contributed by atoms with Gasteiger partial charge in [0.1, 0.15) is 5.69 Å². The molecule has 9 heteroatoms. The molecule has 3 N–H and O–H groups in total. The third kappa shape index (κ3) is 3.39. The maximum atomic E-state index is 12.6. The van der Waals surface area contributed by atoms with Gasteiger partial charge in [-0.05, 0) is 24.3 Å². The molecule has 0 atom stereocenters. The van der Waals surface area contributed by atoms with E-state index in [1.807, 2.05) is 16.7 Å². The number of hydrogen-bond donors (Lipinski definition) is 3. The van der Waals surface area contributed by atoms with Crippen LogP contribution in [0.3, 0.4) is 0 Å². The Balaban J connectivity index is 1.51. The molecule has 0 saturated heterocycles. The van der Waals surface area contributed by atoms with Crippen LogP contribution in [0.2, 0.25) is 0 Å². The fourth-order valence-electron chi connectivity index (χ4n) is 3.06. The topological polar surface area (TPSA) is 105 Å². The van der Waals surface area contributed by atoms with Crippen molar-refractivity contribution in [3.05, 3.63) is 59.3 Å². The summed E-state index contributed by atoms with van der Waals surface area (Å²) in [5.74, 6) is -0.669. The van der Waals surface area contributed by atoms with Crippen molar-refractivity contribution in [1.29, 1.82) is 0 Å². The molecule has 3 heterocycles. The predicted molar refractivity (Wildman–Crippen MR) is 106 cm³/mol. The Morgan fingerprint density at radius 3 is 3.04 bits per heavy atom. The van der Waals surface area contributed by atoms with Gasteiger partial charge < -0.3 is 15.2 Å². The molecule has 0 unspecified atom stereocenters. The van der Waals surface area contributed by atoms with Crippen LogP contribution < -0.4 is 16.0 Å². The quantitative estimate of drug-likeness (QED) is 0.574. The van der Waals surface area contributed by atoms with Crippen molar-refractivity contribution in [3.63, 3.8) is 0 Å². The van der Waals surface area contributed by atoms with Crippen molar-refractivity contribution in [2.75, 3.05) is 11.9 Å². The van der Waals surface area contributed by atoms with Gasteiger partial charge in [-0.2, -0.15) is 0 Å². The largest absolute Gasteiger partial charge is 0.349 e. The highest BCUT2D eigenvalue weighted by Gasteiger charge is 2.20. The molecule has 1 aliphatic heterocycles. The summed E-state index contributed by atoms with van der Waals surface area (Å²) in [7, 11) is 0. The Bertz CT molecular complexity index is 1110. The maximum Gasteiger partial charge on any atom is 0.268 e. The molecule has 4 rings (SSSR count). The van der Waals surface area contributed by atoms with Crippen LogP contribution in [0, 0.1) is 0 Å². The standard InChI is InChI=1S/C19H17N5O3S/c1-2-16(25)21-9-13-10-28-19(22-13)23-17(26)12-4-3-11-7-15-18(27)20-5-6-24(15)14(11)8-12/h2-4,7-8,10H,1,5-6,9H2,(H,20,27)(H,21,25)(H,22,23,26). The van der Waals surface area contributed by atoms with Crippen molar-refractivity contribution in [3.8, 4) is 0 Å². The fourth-order valence-corrected chi connectivity index (χ4v) is 3.77. The van der Waals surface area contributed by atoms with Gasteiger partial charge in [0.25, 0.3) is 11.8 Å². The number of thiazole rings is 1. The number of carbonyl (C=O) groups excluding carboxylic acids is 3. The van der Waals surface area contributed by atoms with Crippen molar-refractivity contribution in [1.82, 2.24) is 20.2 Å². The summed E-state index contributed by atoms with van der Waals surface area (Å²) in [5, 5.41) is 11.4. The second-order valence-corrected chi connectivity index (χ2v) is 7.09. The third-order valence-electron chi connectivity index (χ3n) is 4.42. The molecule has 0 aliphatic carbocycles. The van der Waals surface area contributed by atoms with Gasteiger partial charge in [-0.1, -0.05) is 12.6 Å². The van der Waals surface area contributed by atoms with E-state index in [0.29, 0.717) is 35.2 Å². The monoisotopic (exact) mass is 395 g/mol. The van der Waals surface area contributed by atoms with E-state index in [4.69, 9.17) is 0 Å². The molecule has 2 aromatic heterocycles. The van der Waals surface area contributed by atoms with Gasteiger partial charge >= 0.3 is 0 Å². The number of rotatable bonds is 5. The molecule has 1 aliphatic rings. The number of benzene rings is 1. The molecular weight excluding hydrogens is 378 g/mol. The first-order valence-electron chi connectivity index (χ1n) is 8.62. The van der Waals surface area contributed by atoms with Crippen LogP contribution >= 0.6 is 11.3 Å². The van der Waals surface area contributed by atoms with Crippen LogP contribution in [0.25, 0.3) is 10.9 Å². The van der Waals surface area contributed by atoms with Gasteiger partial charge in [-0.25, -0.2) is 4.98 Å². The Labute approximate surface area is 164 Å². The van der Waals surface area contributed by atoms with E-state index < -0.39 is 0 Å². The van der Waals surface area contributed by atoms with Crippen LogP contribution in [-0.2, 0) is 17.9 Å². The van der Waals surface area contributed by atoms with Crippen LogP contribution in [0.1, 0.15) is 26.5 Å². The summed E-state index contributed by atoms with van der Waals surface area (Å²) in [5.41, 5.74) is 2.59. The maximum absolute atomic E-state index is 12.6. The highest BCUT2D eigenvalue weighted by molar-refractivity contribution is 7.14. The van der Waals surface area contributed by atoms with E-state index in [1.165, 1.54) is 17.4 Å². The molecule has 0 spiro atoms. The molecule has 142 valence electrons. The van der Waals surface area contributed by atoms with E-state index >= 15 is 0 Å². The third-order valence-corrected chi connectivity index (χ3v) is 5.23. The second kappa shape index (κ2) is 7.28. The lowest BCUT2D eigenvalue weighted by atomic mass is 10.1. The summed E-state index contributed by atoms with van der Waals surface area (Å²) in [4.78, 5) is 40.1. The fraction of sp³-hybridized carbons (Fsp3) is 0.158. The van der Waals surface area contributed by atoms with Gasteiger partial charge in [0.05, 0.1) is 12.2 Å². The van der Waals surface area contributed by atoms with E-state index in [-0.39, 0.29) is 24.3 Å². The minimum absolute atomic E-state index is 0.104. The summed E-state index contributed by atoms with van der Waals surface area (Å²) in [6, 6.07) is 7.17. The minimum atomic E-state index is -0.284. The molecule has 3 aromatic rings. The van der Waals surface area contributed by atoms with Crippen molar-refractivity contribution in [2.45, 2.75) is 13.1 Å². The molecule has 0 saturated carbocycles. The zero-order valence-corrected chi connectivity index (χ0v) is 15.6. The van der Waals surface area contributed by atoms with E-state index in [1.54, 1.807) is 17.5 Å². The number of anilines is 1. The molecule has 3 amide bonds. The highest BCUT2D eigenvalue weighted by Crippen LogP contribution is 2.24. The first-order chi connectivity index (χ1) is 13.5. The number of carbonyl (C=O) groups is 3. The number of amides is 3. The first-order valence-corrected chi connectivity index (χ1v) is 9.50. The molecular formula is C19H17N5O3S. The first kappa shape index (κ1) is 17.9. The smallest absolute Gasteiger partial charge is 0.268 e. The van der Waals surface area contributed by atoms with Gasteiger partial charge in [-0.3, -0.25) is 19.7 Å². The Morgan fingerprint density at radius 2 is 2.21 bits per heavy atom. The van der Waals surface area contributed by atoms with Gasteiger partial charge in [0.2, 0.25) is 5.91 Å². The molecule has 0 bridgehead atoms. The summed E-state index contributed by atoms with van der Waals surface area (Å²) >= 11 is 1.28. The van der Waals surface area contributed by atoms with Crippen molar-refractivity contribution in [2.24, 2.45) is 0 Å². The average Bonchev–Trinajstić information content (AvgIpc) is 3.30. The minimum Gasteiger partial charge on any atom is -0.349 e. The number of aromatic nitrogens is 2. The van der Waals surface area contributed by atoms with Crippen molar-refractivity contribution < 1.29 is 14.4 Å². The second-order valence-electron chi connectivity index (χ2n) is 6.23. The number of hydrogen-bond acceptors (Lipinski definition) is 5. The van der Waals surface area contributed by atoms with Crippen LogP contribution in [0.4, 0.5) is 5.13 Å². The zero-order chi connectivity index (χ0) is 19.7. The number of nitrogens with one attached hydrogen (secondary N) is 3. The lowest BCUT2D eigenvalue weighted by molar-refractivity contribution is -0.116. The summed E-state index contributed by atoms with van der Waals surface area (Å²) in [6.45, 7) is 4.89. The van der Waals surface area contributed by atoms with Gasteiger partial charge in [-0.15, -0.1) is 11.3 Å². The number of fused-ring (bicyclic) bond motifs is 3. The molecule has 28 heavy (non-hydrogen) atoms. The Morgan fingerprint density at radius 1 is 1.36 bits per heavy atom. The zero-order valence-electron chi connectivity index (χ0n) is 14.8. The SMILES string of the molecule is C=CC(=O)NCc1csc(NC(=O)c2ccc3cc4n(c3c2)CCNC4=O)n1. The lowest BCUT2D eigenvalue weighted by Crippen LogP contribution is -2.34. The lowest BCUT2D eigenvalue weighted by Gasteiger charge is -2.16. The van der Waals surface area contributed by atoms with E-state index in [9.17, 15) is 14.4 Å². The summed E-state index contributed by atoms with van der Waals surface area (Å²) in [6.07, 6.45) is 1.19. The normalized spacial score (nSPS) is 12.9. The Hall–Kier alpha value is -3.46. The Kier molecular flexibility index (Phi) is 4.66. The summed E-state index contributed by atoms with van der Waals surface area (Å²) < 4.78 is 1.93. The van der Waals surface area contributed by atoms with Gasteiger partial charge in [0.15, 0.2) is 5.13 Å².